The van der Waals surface area contributed by atoms with Crippen LogP contribution in [0.3, 0.4) is 0 Å². The molecular weight excluding hydrogens is 198 g/mol. The third-order valence-corrected chi connectivity index (χ3v) is 4.59. The van der Waals surface area contributed by atoms with Crippen LogP contribution in [-0.4, -0.2) is 31.1 Å². The average molecular weight is 221 g/mol. The third kappa shape index (κ3) is 3.96. The molecule has 0 unspecified atom stereocenters. The lowest BCUT2D eigenvalue weighted by Gasteiger charge is -2.26. The van der Waals surface area contributed by atoms with Gasteiger partial charge in [0, 0.05) is 12.6 Å². The van der Waals surface area contributed by atoms with Crippen LogP contribution in [0.15, 0.2) is 0 Å². The quantitative estimate of drug-likeness (QED) is 0.661. The Kier molecular flexibility index (Phi) is 6.36. The summed E-state index contributed by atoms with van der Waals surface area (Å²) in [5, 5.41) is 0. The maximum atomic E-state index is 11.8. The Balaban J connectivity index is 4.54. The first-order chi connectivity index (χ1) is 6.49. The average Bonchev–Trinajstić information content (AvgIpc) is 2.04. The van der Waals surface area contributed by atoms with E-state index in [1.165, 1.54) is 0 Å². The third-order valence-electron chi connectivity index (χ3n) is 2.33. The number of sulfonamides is 1. The minimum Gasteiger partial charge on any atom is -0.212 e. The Morgan fingerprint density at radius 2 is 1.71 bits per heavy atom. The van der Waals surface area contributed by atoms with Crippen molar-refractivity contribution in [3.8, 4) is 0 Å². The Morgan fingerprint density at radius 1 is 1.14 bits per heavy atom. The van der Waals surface area contributed by atoms with E-state index in [4.69, 9.17) is 0 Å². The fourth-order valence-electron chi connectivity index (χ4n) is 1.72. The van der Waals surface area contributed by atoms with Gasteiger partial charge >= 0.3 is 0 Å². The van der Waals surface area contributed by atoms with Crippen LogP contribution in [0.25, 0.3) is 0 Å². The summed E-state index contributed by atoms with van der Waals surface area (Å²) in [5.41, 5.74) is 0. The highest BCUT2D eigenvalue weighted by Gasteiger charge is 2.23. The summed E-state index contributed by atoms with van der Waals surface area (Å²) in [7, 11) is -3.01. The van der Waals surface area contributed by atoms with Gasteiger partial charge in [0.25, 0.3) is 0 Å². The Bertz CT molecular complexity index is 237. The topological polar surface area (TPSA) is 37.4 Å². The molecule has 0 amide bonds. The van der Waals surface area contributed by atoms with Crippen LogP contribution < -0.4 is 0 Å². The molecule has 0 aromatic heterocycles. The van der Waals surface area contributed by atoms with E-state index in [1.807, 2.05) is 20.8 Å². The van der Waals surface area contributed by atoms with Crippen LogP contribution in [0.5, 0.6) is 0 Å². The molecule has 0 radical (unpaired) electrons. The predicted octanol–water partition coefficient (Wildman–Crippen LogP) is 2.24. The molecule has 0 N–H and O–H groups in total. The summed E-state index contributed by atoms with van der Waals surface area (Å²) >= 11 is 0. The summed E-state index contributed by atoms with van der Waals surface area (Å²) < 4.78 is 25.2. The lowest BCUT2D eigenvalue weighted by molar-refractivity contribution is 0.332. The molecule has 0 aliphatic rings. The first-order valence-electron chi connectivity index (χ1n) is 5.49. The molecule has 0 saturated heterocycles. The van der Waals surface area contributed by atoms with Crippen LogP contribution >= 0.6 is 0 Å². The molecule has 0 aliphatic heterocycles. The van der Waals surface area contributed by atoms with Gasteiger partial charge in [0.15, 0.2) is 0 Å². The van der Waals surface area contributed by atoms with Gasteiger partial charge in [0.1, 0.15) is 0 Å². The fourth-order valence-corrected chi connectivity index (χ4v) is 3.52. The SMILES string of the molecule is CCC[C@@H](C)N(CC)S(=O)(=O)CCC. The zero-order valence-corrected chi connectivity index (χ0v) is 10.6. The van der Waals surface area contributed by atoms with Crippen molar-refractivity contribution in [3.63, 3.8) is 0 Å². The molecule has 4 heteroatoms. The van der Waals surface area contributed by atoms with E-state index in [9.17, 15) is 8.42 Å². The first-order valence-corrected chi connectivity index (χ1v) is 7.10. The van der Waals surface area contributed by atoms with E-state index in [1.54, 1.807) is 4.31 Å². The summed E-state index contributed by atoms with van der Waals surface area (Å²) in [6.45, 7) is 8.45. The predicted molar refractivity (Wildman–Crippen MR) is 60.8 cm³/mol. The van der Waals surface area contributed by atoms with Crippen molar-refractivity contribution in [1.29, 1.82) is 0 Å². The van der Waals surface area contributed by atoms with Gasteiger partial charge in [-0.25, -0.2) is 8.42 Å². The van der Waals surface area contributed by atoms with Gasteiger partial charge in [0.05, 0.1) is 5.75 Å². The lowest BCUT2D eigenvalue weighted by atomic mass is 10.2. The van der Waals surface area contributed by atoms with Crippen molar-refractivity contribution in [2.24, 2.45) is 0 Å². The largest absolute Gasteiger partial charge is 0.214 e. The zero-order chi connectivity index (χ0) is 11.2. The van der Waals surface area contributed by atoms with Crippen molar-refractivity contribution in [2.75, 3.05) is 12.3 Å². The monoisotopic (exact) mass is 221 g/mol. The molecule has 0 fully saturated rings. The van der Waals surface area contributed by atoms with Crippen LogP contribution in [-0.2, 0) is 10.0 Å². The molecule has 0 rings (SSSR count). The maximum absolute atomic E-state index is 11.8. The fraction of sp³-hybridized carbons (Fsp3) is 1.00. The molecular formula is C10H23NO2S. The first kappa shape index (κ1) is 13.9. The van der Waals surface area contributed by atoms with E-state index in [-0.39, 0.29) is 11.8 Å². The highest BCUT2D eigenvalue weighted by molar-refractivity contribution is 7.89. The molecule has 0 spiro atoms. The van der Waals surface area contributed by atoms with Crippen molar-refractivity contribution in [2.45, 2.75) is 53.0 Å². The van der Waals surface area contributed by atoms with E-state index in [2.05, 4.69) is 6.92 Å². The highest BCUT2D eigenvalue weighted by atomic mass is 32.2. The van der Waals surface area contributed by atoms with Crippen molar-refractivity contribution in [1.82, 2.24) is 4.31 Å². The van der Waals surface area contributed by atoms with Gasteiger partial charge in [-0.3, -0.25) is 0 Å². The smallest absolute Gasteiger partial charge is 0.212 e. The van der Waals surface area contributed by atoms with Crippen LogP contribution in [0.1, 0.15) is 47.0 Å². The molecule has 1 atom stereocenters. The van der Waals surface area contributed by atoms with E-state index >= 15 is 0 Å². The minimum absolute atomic E-state index is 0.140. The highest BCUT2D eigenvalue weighted by Crippen LogP contribution is 2.12. The van der Waals surface area contributed by atoms with Gasteiger partial charge in [-0.2, -0.15) is 4.31 Å². The van der Waals surface area contributed by atoms with Gasteiger partial charge in [-0.05, 0) is 19.8 Å². The molecule has 14 heavy (non-hydrogen) atoms. The van der Waals surface area contributed by atoms with Crippen LogP contribution in [0, 0.1) is 0 Å². The van der Waals surface area contributed by atoms with Gasteiger partial charge in [-0.1, -0.05) is 27.2 Å². The second-order valence-electron chi connectivity index (χ2n) is 3.66. The Morgan fingerprint density at radius 3 is 2.07 bits per heavy atom. The Hall–Kier alpha value is -0.0900. The van der Waals surface area contributed by atoms with Crippen molar-refractivity contribution >= 4 is 10.0 Å². The normalized spacial score (nSPS) is 14.6. The van der Waals surface area contributed by atoms with Crippen molar-refractivity contribution < 1.29 is 8.42 Å². The standard InChI is InChI=1S/C10H23NO2S/c1-5-8-10(4)11(7-3)14(12,13)9-6-2/h10H,5-9H2,1-4H3/t10-/m1/s1. The summed E-state index contributed by atoms with van der Waals surface area (Å²) in [6.07, 6.45) is 2.66. The van der Waals surface area contributed by atoms with Gasteiger partial charge in [0.2, 0.25) is 10.0 Å². The molecule has 0 saturated carbocycles. The lowest BCUT2D eigenvalue weighted by Crippen LogP contribution is -2.39. The van der Waals surface area contributed by atoms with Gasteiger partial charge in [-0.15, -0.1) is 0 Å². The van der Waals surface area contributed by atoms with E-state index in [0.29, 0.717) is 13.0 Å². The Labute approximate surface area is 88.5 Å². The number of hydrogen-bond acceptors (Lipinski definition) is 2. The number of hydrogen-bond donors (Lipinski definition) is 0. The second-order valence-corrected chi connectivity index (χ2v) is 5.70. The summed E-state index contributed by atoms with van der Waals surface area (Å²) in [5.74, 6) is 0.273. The second kappa shape index (κ2) is 6.40. The molecule has 0 bridgehead atoms. The maximum Gasteiger partial charge on any atom is 0.214 e. The van der Waals surface area contributed by atoms with E-state index < -0.39 is 10.0 Å². The molecule has 0 aliphatic carbocycles. The molecule has 3 nitrogen and oxygen atoms in total. The summed E-state index contributed by atoms with van der Waals surface area (Å²) in [4.78, 5) is 0. The molecule has 0 aromatic rings. The number of nitrogens with zero attached hydrogens (tertiary/aromatic N) is 1. The number of rotatable bonds is 7. The molecule has 0 aromatic carbocycles. The molecule has 0 heterocycles. The summed E-state index contributed by atoms with van der Waals surface area (Å²) in [6, 6.07) is 0.140. The van der Waals surface area contributed by atoms with Crippen LogP contribution in [0.2, 0.25) is 0 Å². The van der Waals surface area contributed by atoms with Gasteiger partial charge < -0.3 is 0 Å². The molecule has 86 valence electrons. The van der Waals surface area contributed by atoms with Crippen LogP contribution in [0.4, 0.5) is 0 Å². The minimum atomic E-state index is -3.01. The van der Waals surface area contributed by atoms with Crippen molar-refractivity contribution in [3.05, 3.63) is 0 Å². The van der Waals surface area contributed by atoms with E-state index in [0.717, 1.165) is 12.8 Å². The zero-order valence-electron chi connectivity index (χ0n) is 9.78.